The van der Waals surface area contributed by atoms with Crippen LogP contribution in [0.4, 0.5) is 0 Å². The molecule has 0 saturated heterocycles. The number of rotatable bonds is 6. The standard InChI is InChI=1S/C14H19ClN4/c1-3-8-19-14(17-10-18-19)9-16-11(2)12-4-6-13(15)7-5-12/h4-7,10-11,16H,3,8-9H2,1-2H3/t11-/m1/s1. The summed E-state index contributed by atoms with van der Waals surface area (Å²) in [4.78, 5) is 4.28. The maximum atomic E-state index is 5.89. The number of aromatic nitrogens is 3. The topological polar surface area (TPSA) is 42.7 Å². The predicted molar refractivity (Wildman–Crippen MR) is 77.0 cm³/mol. The molecule has 2 aromatic rings. The Labute approximate surface area is 118 Å². The third-order valence-corrected chi connectivity index (χ3v) is 3.32. The first-order valence-electron chi connectivity index (χ1n) is 6.56. The first-order valence-corrected chi connectivity index (χ1v) is 6.94. The van der Waals surface area contributed by atoms with E-state index in [4.69, 9.17) is 11.6 Å². The SMILES string of the molecule is CCCn1ncnc1CN[C@H](C)c1ccc(Cl)cc1. The smallest absolute Gasteiger partial charge is 0.140 e. The number of nitrogens with one attached hydrogen (secondary N) is 1. The summed E-state index contributed by atoms with van der Waals surface area (Å²) < 4.78 is 1.95. The molecule has 0 aliphatic heterocycles. The molecule has 0 aliphatic rings. The van der Waals surface area contributed by atoms with Gasteiger partial charge in [0.1, 0.15) is 12.2 Å². The summed E-state index contributed by atoms with van der Waals surface area (Å²) in [5, 5.41) is 8.43. The highest BCUT2D eigenvalue weighted by atomic mass is 35.5. The molecule has 1 atom stereocenters. The molecule has 1 N–H and O–H groups in total. The first-order chi connectivity index (χ1) is 9.20. The van der Waals surface area contributed by atoms with E-state index in [0.29, 0.717) is 6.54 Å². The largest absolute Gasteiger partial charge is 0.303 e. The van der Waals surface area contributed by atoms with E-state index in [1.807, 2.05) is 28.9 Å². The van der Waals surface area contributed by atoms with E-state index in [1.54, 1.807) is 6.33 Å². The highest BCUT2D eigenvalue weighted by Crippen LogP contribution is 2.16. The Kier molecular flexibility index (Phi) is 4.93. The van der Waals surface area contributed by atoms with Crippen molar-refractivity contribution in [3.05, 3.63) is 47.0 Å². The Bertz CT molecular complexity index is 506. The molecule has 0 spiro atoms. The van der Waals surface area contributed by atoms with Crippen LogP contribution in [0.25, 0.3) is 0 Å². The Morgan fingerprint density at radius 1 is 1.32 bits per heavy atom. The van der Waals surface area contributed by atoms with Gasteiger partial charge in [0.15, 0.2) is 0 Å². The maximum absolute atomic E-state index is 5.89. The van der Waals surface area contributed by atoms with Gasteiger partial charge in [0.2, 0.25) is 0 Å². The summed E-state index contributed by atoms with van der Waals surface area (Å²) in [7, 11) is 0. The van der Waals surface area contributed by atoms with Crippen molar-refractivity contribution in [1.82, 2.24) is 20.1 Å². The molecule has 0 aliphatic carbocycles. The van der Waals surface area contributed by atoms with E-state index in [-0.39, 0.29) is 6.04 Å². The molecule has 0 bridgehead atoms. The molecule has 5 heteroatoms. The quantitative estimate of drug-likeness (QED) is 0.882. The third kappa shape index (κ3) is 3.78. The number of hydrogen-bond donors (Lipinski definition) is 1. The van der Waals surface area contributed by atoms with Crippen LogP contribution in [0.3, 0.4) is 0 Å². The van der Waals surface area contributed by atoms with Gasteiger partial charge in [-0.15, -0.1) is 0 Å². The van der Waals surface area contributed by atoms with Crippen molar-refractivity contribution in [1.29, 1.82) is 0 Å². The second-order valence-corrected chi connectivity index (χ2v) is 4.99. The van der Waals surface area contributed by atoms with E-state index < -0.39 is 0 Å². The monoisotopic (exact) mass is 278 g/mol. The van der Waals surface area contributed by atoms with Gasteiger partial charge in [-0.1, -0.05) is 30.7 Å². The van der Waals surface area contributed by atoms with E-state index in [2.05, 4.69) is 29.2 Å². The Morgan fingerprint density at radius 2 is 2.05 bits per heavy atom. The van der Waals surface area contributed by atoms with Crippen LogP contribution in [0.1, 0.15) is 37.7 Å². The van der Waals surface area contributed by atoms with Gasteiger partial charge in [-0.3, -0.25) is 0 Å². The van der Waals surface area contributed by atoms with Crippen LogP contribution in [0.15, 0.2) is 30.6 Å². The second-order valence-electron chi connectivity index (χ2n) is 4.55. The Hall–Kier alpha value is -1.39. The molecule has 0 radical (unpaired) electrons. The van der Waals surface area contributed by atoms with E-state index in [9.17, 15) is 0 Å². The Morgan fingerprint density at radius 3 is 2.74 bits per heavy atom. The van der Waals surface area contributed by atoms with Gasteiger partial charge in [0.05, 0.1) is 6.54 Å². The maximum Gasteiger partial charge on any atom is 0.140 e. The zero-order valence-corrected chi connectivity index (χ0v) is 12.1. The summed E-state index contributed by atoms with van der Waals surface area (Å²) in [6.07, 6.45) is 2.67. The molecule has 1 heterocycles. The number of hydrogen-bond acceptors (Lipinski definition) is 3. The fourth-order valence-electron chi connectivity index (χ4n) is 1.94. The minimum absolute atomic E-state index is 0.254. The van der Waals surface area contributed by atoms with Gasteiger partial charge in [0, 0.05) is 17.6 Å². The molecular formula is C14H19ClN4. The van der Waals surface area contributed by atoms with Crippen LogP contribution in [0, 0.1) is 0 Å². The van der Waals surface area contributed by atoms with Crippen LogP contribution in [0.5, 0.6) is 0 Å². The van der Waals surface area contributed by atoms with Crippen molar-refractivity contribution in [2.24, 2.45) is 0 Å². The number of aryl methyl sites for hydroxylation is 1. The molecule has 0 fully saturated rings. The fourth-order valence-corrected chi connectivity index (χ4v) is 2.06. The lowest BCUT2D eigenvalue weighted by atomic mass is 10.1. The van der Waals surface area contributed by atoms with Gasteiger partial charge < -0.3 is 5.32 Å². The second kappa shape index (κ2) is 6.68. The molecule has 2 rings (SSSR count). The van der Waals surface area contributed by atoms with E-state index in [0.717, 1.165) is 23.8 Å². The van der Waals surface area contributed by atoms with Crippen molar-refractivity contribution in [2.75, 3.05) is 0 Å². The molecular weight excluding hydrogens is 260 g/mol. The molecule has 0 saturated carbocycles. The van der Waals surface area contributed by atoms with Gasteiger partial charge in [0.25, 0.3) is 0 Å². The normalized spacial score (nSPS) is 12.6. The number of nitrogens with zero attached hydrogens (tertiary/aromatic N) is 3. The lowest BCUT2D eigenvalue weighted by Crippen LogP contribution is -2.21. The van der Waals surface area contributed by atoms with Crippen LogP contribution >= 0.6 is 11.6 Å². The molecule has 1 aromatic heterocycles. The van der Waals surface area contributed by atoms with Crippen molar-refractivity contribution in [3.8, 4) is 0 Å². The van der Waals surface area contributed by atoms with Crippen LogP contribution in [0.2, 0.25) is 5.02 Å². The number of halogens is 1. The molecule has 4 nitrogen and oxygen atoms in total. The summed E-state index contributed by atoms with van der Waals surface area (Å²) in [6.45, 7) is 5.88. The zero-order valence-electron chi connectivity index (χ0n) is 11.3. The summed E-state index contributed by atoms with van der Waals surface area (Å²) in [6, 6.07) is 8.15. The summed E-state index contributed by atoms with van der Waals surface area (Å²) >= 11 is 5.89. The minimum atomic E-state index is 0.254. The molecule has 1 aromatic carbocycles. The lowest BCUT2D eigenvalue weighted by Gasteiger charge is -2.14. The molecule has 19 heavy (non-hydrogen) atoms. The van der Waals surface area contributed by atoms with Crippen molar-refractivity contribution >= 4 is 11.6 Å². The summed E-state index contributed by atoms with van der Waals surface area (Å²) in [5.74, 6) is 0.975. The summed E-state index contributed by atoms with van der Waals surface area (Å²) in [5.41, 5.74) is 1.21. The Balaban J connectivity index is 1.94. The molecule has 102 valence electrons. The van der Waals surface area contributed by atoms with Gasteiger partial charge >= 0.3 is 0 Å². The van der Waals surface area contributed by atoms with E-state index in [1.165, 1.54) is 5.56 Å². The average Bonchev–Trinajstić information content (AvgIpc) is 2.85. The van der Waals surface area contributed by atoms with Crippen LogP contribution in [-0.4, -0.2) is 14.8 Å². The van der Waals surface area contributed by atoms with Gasteiger partial charge in [-0.2, -0.15) is 5.10 Å². The fraction of sp³-hybridized carbons (Fsp3) is 0.429. The highest BCUT2D eigenvalue weighted by Gasteiger charge is 2.08. The van der Waals surface area contributed by atoms with Crippen molar-refractivity contribution in [3.63, 3.8) is 0 Å². The van der Waals surface area contributed by atoms with Crippen LogP contribution < -0.4 is 5.32 Å². The first kappa shape index (κ1) is 14.0. The zero-order chi connectivity index (χ0) is 13.7. The lowest BCUT2D eigenvalue weighted by molar-refractivity contribution is 0.509. The van der Waals surface area contributed by atoms with Crippen molar-refractivity contribution < 1.29 is 0 Å². The minimum Gasteiger partial charge on any atom is -0.303 e. The number of benzene rings is 1. The predicted octanol–water partition coefficient (Wildman–Crippen LogP) is 3.19. The molecule has 0 amide bonds. The highest BCUT2D eigenvalue weighted by molar-refractivity contribution is 6.30. The van der Waals surface area contributed by atoms with Gasteiger partial charge in [-0.25, -0.2) is 9.67 Å². The van der Waals surface area contributed by atoms with Crippen LogP contribution in [-0.2, 0) is 13.1 Å². The molecule has 0 unspecified atom stereocenters. The van der Waals surface area contributed by atoms with Gasteiger partial charge in [-0.05, 0) is 31.0 Å². The average molecular weight is 279 g/mol. The third-order valence-electron chi connectivity index (χ3n) is 3.07. The van der Waals surface area contributed by atoms with E-state index >= 15 is 0 Å². The van der Waals surface area contributed by atoms with Crippen molar-refractivity contribution in [2.45, 2.75) is 39.4 Å².